The van der Waals surface area contributed by atoms with Gasteiger partial charge in [-0.1, -0.05) is 30.0 Å². The maximum atomic E-state index is 13.5. The number of H-pyrrole nitrogens is 1. The second kappa shape index (κ2) is 6.68. The summed E-state index contributed by atoms with van der Waals surface area (Å²) < 4.78 is 14.9. The molecule has 0 aliphatic rings. The maximum Gasteiger partial charge on any atom is 0.258 e. The SMILES string of the molecule is C[C@@H](Sc1nnnn1-c1cccc(F)c1)c1nc2ccccc2c(=O)[nH]1. The predicted molar refractivity (Wildman–Crippen MR) is 95.7 cm³/mol. The summed E-state index contributed by atoms with van der Waals surface area (Å²) in [6.07, 6.45) is 0. The van der Waals surface area contributed by atoms with Crippen LogP contribution in [-0.2, 0) is 0 Å². The molecule has 2 aromatic heterocycles. The van der Waals surface area contributed by atoms with Gasteiger partial charge in [-0.25, -0.2) is 9.37 Å². The third-order valence-corrected chi connectivity index (χ3v) is 4.83. The molecule has 1 N–H and O–H groups in total. The van der Waals surface area contributed by atoms with Crippen LogP contribution in [0.3, 0.4) is 0 Å². The largest absolute Gasteiger partial charge is 0.309 e. The number of hydrogen-bond donors (Lipinski definition) is 1. The van der Waals surface area contributed by atoms with Crippen LogP contribution in [0.1, 0.15) is 18.0 Å². The van der Waals surface area contributed by atoms with Crippen molar-refractivity contribution in [2.24, 2.45) is 0 Å². The monoisotopic (exact) mass is 368 g/mol. The van der Waals surface area contributed by atoms with E-state index in [4.69, 9.17) is 0 Å². The Morgan fingerprint density at radius 1 is 1.19 bits per heavy atom. The summed E-state index contributed by atoms with van der Waals surface area (Å²) in [5, 5.41) is 12.4. The Hall–Kier alpha value is -3.07. The van der Waals surface area contributed by atoms with Gasteiger partial charge in [0.25, 0.3) is 5.56 Å². The van der Waals surface area contributed by atoms with E-state index in [1.54, 1.807) is 30.3 Å². The second-order valence-corrected chi connectivity index (χ2v) is 6.89. The molecular formula is C17H13FN6OS. The molecule has 26 heavy (non-hydrogen) atoms. The maximum absolute atomic E-state index is 13.5. The third-order valence-electron chi connectivity index (χ3n) is 3.79. The summed E-state index contributed by atoms with van der Waals surface area (Å²) in [7, 11) is 0. The van der Waals surface area contributed by atoms with Crippen LogP contribution in [-0.4, -0.2) is 30.2 Å². The number of thioether (sulfide) groups is 1. The molecule has 0 saturated carbocycles. The average Bonchev–Trinajstić information content (AvgIpc) is 3.10. The van der Waals surface area contributed by atoms with E-state index in [2.05, 4.69) is 25.5 Å². The van der Waals surface area contributed by atoms with Crippen molar-refractivity contribution >= 4 is 22.7 Å². The van der Waals surface area contributed by atoms with Crippen molar-refractivity contribution in [1.29, 1.82) is 0 Å². The first-order chi connectivity index (χ1) is 12.6. The van der Waals surface area contributed by atoms with E-state index in [-0.39, 0.29) is 16.6 Å². The number of aromatic nitrogens is 6. The van der Waals surface area contributed by atoms with Gasteiger partial charge in [0.15, 0.2) is 0 Å². The van der Waals surface area contributed by atoms with Crippen LogP contribution in [0, 0.1) is 5.82 Å². The topological polar surface area (TPSA) is 89.3 Å². The highest BCUT2D eigenvalue weighted by molar-refractivity contribution is 7.99. The van der Waals surface area contributed by atoms with Crippen molar-refractivity contribution in [3.05, 3.63) is 70.5 Å². The first-order valence-electron chi connectivity index (χ1n) is 7.82. The number of rotatable bonds is 4. The summed E-state index contributed by atoms with van der Waals surface area (Å²) in [5.74, 6) is 0.148. The molecule has 0 bridgehead atoms. The van der Waals surface area contributed by atoms with Crippen molar-refractivity contribution in [3.8, 4) is 5.69 Å². The fourth-order valence-electron chi connectivity index (χ4n) is 2.53. The molecule has 0 aliphatic heterocycles. The minimum absolute atomic E-state index is 0.192. The molecule has 0 radical (unpaired) electrons. The molecule has 9 heteroatoms. The Labute approximate surface area is 151 Å². The standard InChI is InChI=1S/C17H13FN6OS/c1-10(15-19-14-8-3-2-7-13(14)16(25)20-15)26-17-21-22-23-24(17)12-6-4-5-11(18)9-12/h2-10H,1H3,(H,19,20,25)/t10-/m1/s1. The molecule has 4 aromatic rings. The highest BCUT2D eigenvalue weighted by Gasteiger charge is 2.17. The van der Waals surface area contributed by atoms with Gasteiger partial charge in [0.2, 0.25) is 5.16 Å². The number of halogens is 1. The molecule has 0 saturated heterocycles. The minimum Gasteiger partial charge on any atom is -0.309 e. The minimum atomic E-state index is -0.373. The van der Waals surface area contributed by atoms with E-state index >= 15 is 0 Å². The highest BCUT2D eigenvalue weighted by atomic mass is 32.2. The van der Waals surface area contributed by atoms with Gasteiger partial charge in [-0.3, -0.25) is 4.79 Å². The van der Waals surface area contributed by atoms with Crippen LogP contribution < -0.4 is 5.56 Å². The molecule has 0 fully saturated rings. The summed E-state index contributed by atoms with van der Waals surface area (Å²) >= 11 is 1.32. The van der Waals surface area contributed by atoms with Gasteiger partial charge in [-0.2, -0.15) is 4.68 Å². The summed E-state index contributed by atoms with van der Waals surface area (Å²) in [6.45, 7) is 1.89. The summed E-state index contributed by atoms with van der Waals surface area (Å²) in [4.78, 5) is 19.6. The molecule has 1 atom stereocenters. The van der Waals surface area contributed by atoms with Crippen LogP contribution in [0.2, 0.25) is 0 Å². The Morgan fingerprint density at radius 2 is 2.04 bits per heavy atom. The molecule has 7 nitrogen and oxygen atoms in total. The van der Waals surface area contributed by atoms with Crippen molar-refractivity contribution in [2.75, 3.05) is 0 Å². The molecule has 130 valence electrons. The molecular weight excluding hydrogens is 355 g/mol. The van der Waals surface area contributed by atoms with Crippen molar-refractivity contribution in [3.63, 3.8) is 0 Å². The first kappa shape index (κ1) is 16.4. The van der Waals surface area contributed by atoms with Gasteiger partial charge in [-0.05, 0) is 47.7 Å². The lowest BCUT2D eigenvalue weighted by Crippen LogP contribution is -2.13. The zero-order chi connectivity index (χ0) is 18.1. The number of para-hydroxylation sites is 1. The first-order valence-corrected chi connectivity index (χ1v) is 8.70. The molecule has 0 amide bonds. The van der Waals surface area contributed by atoms with Crippen LogP contribution in [0.4, 0.5) is 4.39 Å². The summed E-state index contributed by atoms with van der Waals surface area (Å²) in [5.41, 5.74) is 0.954. The van der Waals surface area contributed by atoms with Crippen LogP contribution in [0.15, 0.2) is 58.5 Å². The van der Waals surface area contributed by atoms with Crippen LogP contribution >= 0.6 is 11.8 Å². The predicted octanol–water partition coefficient (Wildman–Crippen LogP) is 2.89. The number of nitrogens with zero attached hydrogens (tertiary/aromatic N) is 5. The number of tetrazole rings is 1. The lowest BCUT2D eigenvalue weighted by molar-refractivity contribution is 0.623. The zero-order valence-corrected chi connectivity index (χ0v) is 14.4. The van der Waals surface area contributed by atoms with E-state index in [0.29, 0.717) is 27.6 Å². The number of hydrogen-bond acceptors (Lipinski definition) is 6. The highest BCUT2D eigenvalue weighted by Crippen LogP contribution is 2.32. The number of aromatic amines is 1. The molecule has 2 heterocycles. The normalized spacial score (nSPS) is 12.4. The number of benzene rings is 2. The van der Waals surface area contributed by atoms with E-state index in [1.165, 1.54) is 28.6 Å². The molecule has 0 spiro atoms. The lowest BCUT2D eigenvalue weighted by Gasteiger charge is -2.11. The van der Waals surface area contributed by atoms with Gasteiger partial charge in [-0.15, -0.1) is 5.10 Å². The molecule has 2 aromatic carbocycles. The van der Waals surface area contributed by atoms with E-state index in [0.717, 1.165) is 0 Å². The lowest BCUT2D eigenvalue weighted by atomic mass is 10.2. The van der Waals surface area contributed by atoms with Crippen LogP contribution in [0.5, 0.6) is 0 Å². The Kier molecular flexibility index (Phi) is 4.21. The van der Waals surface area contributed by atoms with Crippen LogP contribution in [0.25, 0.3) is 16.6 Å². The Morgan fingerprint density at radius 3 is 2.88 bits per heavy atom. The van der Waals surface area contributed by atoms with E-state index in [9.17, 15) is 9.18 Å². The van der Waals surface area contributed by atoms with E-state index < -0.39 is 0 Å². The smallest absolute Gasteiger partial charge is 0.258 e. The molecule has 0 aliphatic carbocycles. The number of fused-ring (bicyclic) bond motifs is 1. The quantitative estimate of drug-likeness (QED) is 0.557. The third kappa shape index (κ3) is 3.08. The van der Waals surface area contributed by atoms with Gasteiger partial charge in [0, 0.05) is 0 Å². The average molecular weight is 368 g/mol. The zero-order valence-electron chi connectivity index (χ0n) is 13.6. The molecule has 4 rings (SSSR count). The van der Waals surface area contributed by atoms with Crippen molar-refractivity contribution in [2.45, 2.75) is 17.3 Å². The fourth-order valence-corrected chi connectivity index (χ4v) is 3.40. The van der Waals surface area contributed by atoms with Crippen molar-refractivity contribution < 1.29 is 4.39 Å². The summed E-state index contributed by atoms with van der Waals surface area (Å²) in [6, 6.07) is 13.2. The Bertz CT molecular complexity index is 1140. The van der Waals surface area contributed by atoms with Gasteiger partial charge in [0.1, 0.15) is 11.6 Å². The second-order valence-electron chi connectivity index (χ2n) is 5.58. The van der Waals surface area contributed by atoms with Gasteiger partial charge in [0.05, 0.1) is 21.8 Å². The number of nitrogens with one attached hydrogen (secondary N) is 1. The molecule has 0 unspecified atom stereocenters. The van der Waals surface area contributed by atoms with E-state index in [1.807, 2.05) is 13.0 Å². The Balaban J connectivity index is 1.67. The van der Waals surface area contributed by atoms with Crippen molar-refractivity contribution in [1.82, 2.24) is 30.2 Å². The van der Waals surface area contributed by atoms with Gasteiger partial charge < -0.3 is 4.98 Å². The van der Waals surface area contributed by atoms with Gasteiger partial charge >= 0.3 is 0 Å². The fraction of sp³-hybridized carbons (Fsp3) is 0.118.